The van der Waals surface area contributed by atoms with Crippen molar-refractivity contribution in [1.82, 2.24) is 21.3 Å². The summed E-state index contributed by atoms with van der Waals surface area (Å²) >= 11 is 0. The zero-order valence-corrected chi connectivity index (χ0v) is 15.3. The molecule has 0 aliphatic rings. The van der Waals surface area contributed by atoms with E-state index >= 15 is 0 Å². The van der Waals surface area contributed by atoms with Crippen molar-refractivity contribution in [3.05, 3.63) is 0 Å². The zero-order chi connectivity index (χ0) is 16.1. The first kappa shape index (κ1) is 21.8. The summed E-state index contributed by atoms with van der Waals surface area (Å²) in [5, 5.41) is 14.0. The lowest BCUT2D eigenvalue weighted by molar-refractivity contribution is 0.542. The summed E-state index contributed by atoms with van der Waals surface area (Å²) in [4.78, 5) is 0. The van der Waals surface area contributed by atoms with Gasteiger partial charge >= 0.3 is 0 Å². The smallest absolute Gasteiger partial charge is 0.00368 e. The molecule has 134 valence electrons. The molecule has 0 aromatic heterocycles. The van der Waals surface area contributed by atoms with Crippen LogP contribution in [0.2, 0.25) is 0 Å². The maximum atomic E-state index is 3.53. The Morgan fingerprint density at radius 1 is 0.364 bits per heavy atom. The van der Waals surface area contributed by atoms with E-state index in [9.17, 15) is 0 Å². The molecule has 0 radical (unpaired) electrons. The molecule has 0 aromatic rings. The number of hydrogen-bond donors (Lipinski definition) is 4. The van der Waals surface area contributed by atoms with Gasteiger partial charge in [-0.05, 0) is 97.3 Å². The van der Waals surface area contributed by atoms with Gasteiger partial charge in [0.15, 0.2) is 0 Å². The highest BCUT2D eigenvalue weighted by molar-refractivity contribution is 4.55. The summed E-state index contributed by atoms with van der Waals surface area (Å²) in [6.07, 6.45) is 10.2. The molecular weight excluding hydrogens is 272 g/mol. The molecule has 0 aliphatic heterocycles. The second-order valence-corrected chi connectivity index (χ2v) is 6.12. The Kier molecular flexibility index (Phi) is 20.7. The summed E-state index contributed by atoms with van der Waals surface area (Å²) in [6, 6.07) is 0. The Bertz CT molecular complexity index is 168. The Hall–Kier alpha value is -0.160. The van der Waals surface area contributed by atoms with Gasteiger partial charge in [-0.3, -0.25) is 0 Å². The second-order valence-electron chi connectivity index (χ2n) is 6.12. The third-order valence-electron chi connectivity index (χ3n) is 3.76. The Morgan fingerprint density at radius 2 is 0.727 bits per heavy atom. The molecule has 0 saturated carbocycles. The molecule has 0 unspecified atom stereocenters. The molecule has 0 amide bonds. The molecule has 0 spiro atoms. The van der Waals surface area contributed by atoms with Crippen molar-refractivity contribution in [2.75, 3.05) is 52.4 Å². The van der Waals surface area contributed by atoms with Crippen molar-refractivity contribution >= 4 is 0 Å². The first-order valence-corrected chi connectivity index (χ1v) is 9.74. The van der Waals surface area contributed by atoms with Crippen LogP contribution in [-0.2, 0) is 0 Å². The van der Waals surface area contributed by atoms with Crippen LogP contribution in [0.25, 0.3) is 0 Å². The summed E-state index contributed by atoms with van der Waals surface area (Å²) < 4.78 is 0. The molecule has 0 heterocycles. The average molecular weight is 315 g/mol. The fourth-order valence-electron chi connectivity index (χ4n) is 2.32. The van der Waals surface area contributed by atoms with Crippen LogP contribution in [0.1, 0.15) is 65.2 Å². The maximum Gasteiger partial charge on any atom is -0.00368 e. The fourth-order valence-corrected chi connectivity index (χ4v) is 2.32. The minimum Gasteiger partial charge on any atom is -0.317 e. The van der Waals surface area contributed by atoms with Crippen LogP contribution in [0.15, 0.2) is 0 Å². The van der Waals surface area contributed by atoms with Gasteiger partial charge in [0.25, 0.3) is 0 Å². The SMILES string of the molecule is CCCCNCCCCNCCCNCCCCNCCC. The number of rotatable bonds is 19. The van der Waals surface area contributed by atoms with E-state index in [0.717, 1.165) is 26.2 Å². The van der Waals surface area contributed by atoms with E-state index in [4.69, 9.17) is 0 Å². The normalized spacial score (nSPS) is 11.2. The van der Waals surface area contributed by atoms with Crippen molar-refractivity contribution in [1.29, 1.82) is 0 Å². The van der Waals surface area contributed by atoms with E-state index in [1.165, 1.54) is 77.5 Å². The number of nitrogens with one attached hydrogen (secondary N) is 4. The Balaban J connectivity index is 2.91. The molecule has 0 aliphatic carbocycles. The third-order valence-corrected chi connectivity index (χ3v) is 3.76. The van der Waals surface area contributed by atoms with Crippen LogP contribution < -0.4 is 21.3 Å². The van der Waals surface area contributed by atoms with Crippen molar-refractivity contribution in [3.63, 3.8) is 0 Å². The molecule has 4 heteroatoms. The summed E-state index contributed by atoms with van der Waals surface area (Å²) in [5.41, 5.74) is 0. The van der Waals surface area contributed by atoms with Gasteiger partial charge in [0.05, 0.1) is 0 Å². The van der Waals surface area contributed by atoms with Crippen molar-refractivity contribution in [2.45, 2.75) is 65.2 Å². The van der Waals surface area contributed by atoms with Crippen LogP contribution in [0, 0.1) is 0 Å². The maximum absolute atomic E-state index is 3.53. The Morgan fingerprint density at radius 3 is 1.14 bits per heavy atom. The fraction of sp³-hybridized carbons (Fsp3) is 1.00. The highest BCUT2D eigenvalue weighted by Crippen LogP contribution is 1.88. The molecule has 0 rings (SSSR count). The van der Waals surface area contributed by atoms with E-state index in [1.807, 2.05) is 0 Å². The van der Waals surface area contributed by atoms with Crippen LogP contribution in [0.4, 0.5) is 0 Å². The monoisotopic (exact) mass is 314 g/mol. The van der Waals surface area contributed by atoms with Crippen LogP contribution in [0.3, 0.4) is 0 Å². The van der Waals surface area contributed by atoms with Crippen LogP contribution >= 0.6 is 0 Å². The predicted molar refractivity (Wildman–Crippen MR) is 99.8 cm³/mol. The van der Waals surface area contributed by atoms with Gasteiger partial charge in [0.1, 0.15) is 0 Å². The topological polar surface area (TPSA) is 48.1 Å². The number of unbranched alkanes of at least 4 members (excludes halogenated alkanes) is 3. The standard InChI is InChI=1S/C18H42N4/c1-3-5-12-20-14-8-9-16-22-18-10-17-21-15-7-6-13-19-11-4-2/h19-22H,3-18H2,1-2H3. The van der Waals surface area contributed by atoms with Crippen LogP contribution in [0.5, 0.6) is 0 Å². The summed E-state index contributed by atoms with van der Waals surface area (Å²) in [7, 11) is 0. The highest BCUT2D eigenvalue weighted by Gasteiger charge is 1.92. The molecule has 0 bridgehead atoms. The van der Waals surface area contributed by atoms with Gasteiger partial charge in [-0.25, -0.2) is 0 Å². The molecular formula is C18H42N4. The number of hydrogen-bond acceptors (Lipinski definition) is 4. The van der Waals surface area contributed by atoms with Gasteiger partial charge in [0.2, 0.25) is 0 Å². The summed E-state index contributed by atoms with van der Waals surface area (Å²) in [5.74, 6) is 0. The third kappa shape index (κ3) is 19.8. The molecule has 0 saturated heterocycles. The second kappa shape index (κ2) is 20.8. The van der Waals surface area contributed by atoms with Gasteiger partial charge in [-0.2, -0.15) is 0 Å². The lowest BCUT2D eigenvalue weighted by Crippen LogP contribution is -2.24. The van der Waals surface area contributed by atoms with Gasteiger partial charge < -0.3 is 21.3 Å². The van der Waals surface area contributed by atoms with E-state index in [-0.39, 0.29) is 0 Å². The van der Waals surface area contributed by atoms with Crippen molar-refractivity contribution < 1.29 is 0 Å². The van der Waals surface area contributed by atoms with Crippen LogP contribution in [-0.4, -0.2) is 52.4 Å². The molecule has 0 aromatic carbocycles. The summed E-state index contributed by atoms with van der Waals surface area (Å²) in [6.45, 7) is 13.8. The highest BCUT2D eigenvalue weighted by atomic mass is 14.9. The van der Waals surface area contributed by atoms with Crippen molar-refractivity contribution in [3.8, 4) is 0 Å². The Labute approximate surface area is 139 Å². The zero-order valence-electron chi connectivity index (χ0n) is 15.3. The van der Waals surface area contributed by atoms with Gasteiger partial charge in [0, 0.05) is 0 Å². The first-order valence-electron chi connectivity index (χ1n) is 9.74. The van der Waals surface area contributed by atoms with E-state index < -0.39 is 0 Å². The average Bonchev–Trinajstić information content (AvgIpc) is 2.54. The van der Waals surface area contributed by atoms with E-state index in [1.54, 1.807) is 0 Å². The van der Waals surface area contributed by atoms with Crippen molar-refractivity contribution in [2.24, 2.45) is 0 Å². The molecule has 0 fully saturated rings. The minimum atomic E-state index is 1.15. The lowest BCUT2D eigenvalue weighted by Gasteiger charge is -2.07. The largest absolute Gasteiger partial charge is 0.317 e. The molecule has 4 nitrogen and oxygen atoms in total. The van der Waals surface area contributed by atoms with E-state index in [2.05, 4.69) is 35.1 Å². The predicted octanol–water partition coefficient (Wildman–Crippen LogP) is 2.51. The van der Waals surface area contributed by atoms with E-state index in [0.29, 0.717) is 0 Å². The quantitative estimate of drug-likeness (QED) is 0.277. The van der Waals surface area contributed by atoms with Gasteiger partial charge in [-0.15, -0.1) is 0 Å². The molecule has 0 atom stereocenters. The minimum absolute atomic E-state index is 1.15. The first-order chi connectivity index (χ1) is 10.9. The lowest BCUT2D eigenvalue weighted by atomic mass is 10.3. The molecule has 4 N–H and O–H groups in total. The van der Waals surface area contributed by atoms with Gasteiger partial charge in [-0.1, -0.05) is 20.3 Å². The molecule has 22 heavy (non-hydrogen) atoms.